The molecule has 154 valence electrons. The second kappa shape index (κ2) is 10.5. The van der Waals surface area contributed by atoms with Crippen LogP contribution in [-0.4, -0.2) is 37.5 Å². The van der Waals surface area contributed by atoms with E-state index < -0.39 is 30.4 Å². The summed E-state index contributed by atoms with van der Waals surface area (Å²) in [5, 5.41) is 5.50. The van der Waals surface area contributed by atoms with E-state index in [4.69, 9.17) is 21.1 Å². The topological polar surface area (TPSA) is 93.7 Å². The summed E-state index contributed by atoms with van der Waals surface area (Å²) in [6.07, 6.45) is 0. The Morgan fingerprint density at radius 1 is 1.03 bits per heavy atom. The van der Waals surface area contributed by atoms with E-state index in [1.807, 2.05) is 0 Å². The maximum atomic E-state index is 12.4. The van der Waals surface area contributed by atoms with E-state index in [2.05, 4.69) is 10.6 Å². The zero-order valence-electron chi connectivity index (χ0n) is 16.4. The van der Waals surface area contributed by atoms with E-state index in [-0.39, 0.29) is 16.5 Å². The SMILES string of the molecule is COc1ccccc1NC(=O)COC(=O)[C@@H](NC(=O)c1ccccc1Cl)C(C)C. The Bertz CT molecular complexity index is 885. The second-order valence-electron chi connectivity index (χ2n) is 6.53. The van der Waals surface area contributed by atoms with Crippen LogP contribution in [0.4, 0.5) is 5.69 Å². The first-order chi connectivity index (χ1) is 13.8. The number of amides is 2. The van der Waals surface area contributed by atoms with Crippen molar-refractivity contribution >= 4 is 35.1 Å². The van der Waals surface area contributed by atoms with Crippen LogP contribution < -0.4 is 15.4 Å². The normalized spacial score (nSPS) is 11.5. The highest BCUT2D eigenvalue weighted by molar-refractivity contribution is 6.33. The van der Waals surface area contributed by atoms with Gasteiger partial charge in [-0.2, -0.15) is 0 Å². The number of carbonyl (C=O) groups is 3. The molecule has 0 heterocycles. The van der Waals surface area contributed by atoms with Gasteiger partial charge in [0.25, 0.3) is 11.8 Å². The van der Waals surface area contributed by atoms with Gasteiger partial charge in [0.1, 0.15) is 11.8 Å². The second-order valence-corrected chi connectivity index (χ2v) is 6.94. The molecule has 29 heavy (non-hydrogen) atoms. The molecule has 2 N–H and O–H groups in total. The minimum absolute atomic E-state index is 0.251. The monoisotopic (exact) mass is 418 g/mol. The number of benzene rings is 2. The van der Waals surface area contributed by atoms with Gasteiger partial charge in [0.2, 0.25) is 0 Å². The summed E-state index contributed by atoms with van der Waals surface area (Å²) in [4.78, 5) is 37.0. The maximum Gasteiger partial charge on any atom is 0.329 e. The Labute approximate surface area is 174 Å². The highest BCUT2D eigenvalue weighted by Crippen LogP contribution is 2.22. The number of rotatable bonds is 8. The summed E-state index contributed by atoms with van der Waals surface area (Å²) in [6, 6.07) is 12.5. The lowest BCUT2D eigenvalue weighted by Crippen LogP contribution is -2.46. The van der Waals surface area contributed by atoms with Gasteiger partial charge in [0.05, 0.1) is 23.4 Å². The lowest BCUT2D eigenvalue weighted by atomic mass is 10.0. The molecule has 2 rings (SSSR count). The molecule has 1 atom stereocenters. The molecule has 7 nitrogen and oxygen atoms in total. The van der Waals surface area contributed by atoms with Gasteiger partial charge in [-0.25, -0.2) is 4.79 Å². The summed E-state index contributed by atoms with van der Waals surface area (Å²) in [5.74, 6) is -1.51. The molecule has 2 amide bonds. The van der Waals surface area contributed by atoms with Crippen LogP contribution in [0.5, 0.6) is 5.75 Å². The summed E-state index contributed by atoms with van der Waals surface area (Å²) < 4.78 is 10.3. The van der Waals surface area contributed by atoms with Gasteiger partial charge in [-0.3, -0.25) is 9.59 Å². The van der Waals surface area contributed by atoms with E-state index >= 15 is 0 Å². The first-order valence-corrected chi connectivity index (χ1v) is 9.36. The number of esters is 1. The minimum Gasteiger partial charge on any atom is -0.495 e. The van der Waals surface area contributed by atoms with Crippen LogP contribution in [0, 0.1) is 5.92 Å². The number of carbonyl (C=O) groups excluding carboxylic acids is 3. The smallest absolute Gasteiger partial charge is 0.329 e. The van der Waals surface area contributed by atoms with Crippen molar-refractivity contribution in [2.75, 3.05) is 19.0 Å². The van der Waals surface area contributed by atoms with Gasteiger partial charge < -0.3 is 20.1 Å². The van der Waals surface area contributed by atoms with Crippen LogP contribution in [0.3, 0.4) is 0 Å². The van der Waals surface area contributed by atoms with Gasteiger partial charge >= 0.3 is 5.97 Å². The van der Waals surface area contributed by atoms with Crippen LogP contribution in [0.2, 0.25) is 5.02 Å². The molecule has 8 heteroatoms. The quantitative estimate of drug-likeness (QED) is 0.641. The van der Waals surface area contributed by atoms with Crippen molar-refractivity contribution in [3.8, 4) is 5.75 Å². The van der Waals surface area contributed by atoms with Crippen molar-refractivity contribution in [2.24, 2.45) is 5.92 Å². The third-order valence-corrected chi connectivity index (χ3v) is 4.38. The van der Waals surface area contributed by atoms with Crippen molar-refractivity contribution in [3.63, 3.8) is 0 Å². The first kappa shape index (κ1) is 22.2. The van der Waals surface area contributed by atoms with E-state index in [0.717, 1.165) is 0 Å². The van der Waals surface area contributed by atoms with Crippen molar-refractivity contribution < 1.29 is 23.9 Å². The Balaban J connectivity index is 1.96. The van der Waals surface area contributed by atoms with Crippen LogP contribution in [0.25, 0.3) is 0 Å². The third-order valence-electron chi connectivity index (χ3n) is 4.05. The molecular formula is C21H23ClN2O5. The molecule has 0 aliphatic heterocycles. The predicted molar refractivity (Wildman–Crippen MR) is 110 cm³/mol. The number of hydrogen-bond acceptors (Lipinski definition) is 5. The Kier molecular flexibility index (Phi) is 8.03. The average Bonchev–Trinajstić information content (AvgIpc) is 2.70. The summed E-state index contributed by atoms with van der Waals surface area (Å²) in [7, 11) is 1.49. The molecule has 0 fully saturated rings. The molecule has 2 aromatic rings. The van der Waals surface area contributed by atoms with Gasteiger partial charge in [0.15, 0.2) is 6.61 Å². The lowest BCUT2D eigenvalue weighted by Gasteiger charge is -2.21. The van der Waals surface area contributed by atoms with Crippen molar-refractivity contribution in [1.82, 2.24) is 5.32 Å². The zero-order chi connectivity index (χ0) is 21.4. The third kappa shape index (κ3) is 6.22. The fraction of sp³-hybridized carbons (Fsp3) is 0.286. The first-order valence-electron chi connectivity index (χ1n) is 8.98. The van der Waals surface area contributed by atoms with Crippen LogP contribution >= 0.6 is 11.6 Å². The maximum absolute atomic E-state index is 12.4. The van der Waals surface area contributed by atoms with Crippen molar-refractivity contribution in [2.45, 2.75) is 19.9 Å². The molecule has 0 saturated carbocycles. The fourth-order valence-corrected chi connectivity index (χ4v) is 2.74. The molecule has 0 aromatic heterocycles. The van der Waals surface area contributed by atoms with Crippen molar-refractivity contribution in [1.29, 1.82) is 0 Å². The summed E-state index contributed by atoms with van der Waals surface area (Å²) in [6.45, 7) is 3.02. The predicted octanol–water partition coefficient (Wildman–Crippen LogP) is 3.28. The van der Waals surface area contributed by atoms with Crippen molar-refractivity contribution in [3.05, 3.63) is 59.1 Å². The van der Waals surface area contributed by atoms with Crippen LogP contribution in [0.1, 0.15) is 24.2 Å². The number of anilines is 1. The Morgan fingerprint density at radius 3 is 2.34 bits per heavy atom. The van der Waals surface area contributed by atoms with Crippen LogP contribution in [-0.2, 0) is 14.3 Å². The lowest BCUT2D eigenvalue weighted by molar-refractivity contribution is -0.150. The molecule has 0 spiro atoms. The van der Waals surface area contributed by atoms with E-state index in [9.17, 15) is 14.4 Å². The van der Waals surface area contributed by atoms with E-state index in [1.165, 1.54) is 7.11 Å². The molecular weight excluding hydrogens is 396 g/mol. The highest BCUT2D eigenvalue weighted by Gasteiger charge is 2.27. The molecule has 0 saturated heterocycles. The largest absolute Gasteiger partial charge is 0.495 e. The standard InChI is InChI=1S/C21H23ClN2O5/c1-13(2)19(24-20(26)14-8-4-5-9-15(14)22)21(27)29-12-18(25)23-16-10-6-7-11-17(16)28-3/h4-11,13,19H,12H2,1-3H3,(H,23,25)(H,24,26)/t19-/m0/s1. The fourth-order valence-electron chi connectivity index (χ4n) is 2.52. The zero-order valence-corrected chi connectivity index (χ0v) is 17.2. The minimum atomic E-state index is -0.933. The summed E-state index contributed by atoms with van der Waals surface area (Å²) >= 11 is 6.03. The molecule has 2 aromatic carbocycles. The molecule has 0 radical (unpaired) electrons. The van der Waals surface area contributed by atoms with Crippen LogP contribution in [0.15, 0.2) is 48.5 Å². The number of nitrogens with one attached hydrogen (secondary N) is 2. The number of para-hydroxylation sites is 2. The molecule has 0 aliphatic rings. The number of methoxy groups -OCH3 is 1. The number of hydrogen-bond donors (Lipinski definition) is 2. The number of halogens is 1. The average molecular weight is 419 g/mol. The summed E-state index contributed by atoms with van der Waals surface area (Å²) in [5.41, 5.74) is 0.713. The molecule has 0 unspecified atom stereocenters. The van der Waals surface area contributed by atoms with Gasteiger partial charge in [-0.15, -0.1) is 0 Å². The Morgan fingerprint density at radius 2 is 1.69 bits per heavy atom. The molecule has 0 bridgehead atoms. The van der Waals surface area contributed by atoms with Gasteiger partial charge in [-0.1, -0.05) is 49.7 Å². The highest BCUT2D eigenvalue weighted by atomic mass is 35.5. The van der Waals surface area contributed by atoms with E-state index in [0.29, 0.717) is 11.4 Å². The number of ether oxygens (including phenoxy) is 2. The van der Waals surface area contributed by atoms with E-state index in [1.54, 1.807) is 62.4 Å². The van der Waals surface area contributed by atoms with Gasteiger partial charge in [-0.05, 0) is 30.2 Å². The van der Waals surface area contributed by atoms with Gasteiger partial charge in [0, 0.05) is 0 Å². The molecule has 0 aliphatic carbocycles. The Hall–Kier alpha value is -3.06.